The summed E-state index contributed by atoms with van der Waals surface area (Å²) >= 11 is 12.1. The van der Waals surface area contributed by atoms with Crippen LogP contribution in [0.4, 0.5) is 0 Å². The summed E-state index contributed by atoms with van der Waals surface area (Å²) in [5.74, 6) is 0.578. The molecule has 1 saturated heterocycles. The molecule has 0 aromatic heterocycles. The lowest BCUT2D eigenvalue weighted by Gasteiger charge is -2.24. The van der Waals surface area contributed by atoms with Gasteiger partial charge in [-0.25, -0.2) is 0 Å². The van der Waals surface area contributed by atoms with Crippen molar-refractivity contribution in [2.45, 2.75) is 18.8 Å². The summed E-state index contributed by atoms with van der Waals surface area (Å²) in [4.78, 5) is 0. The normalized spacial score (nSPS) is 18.0. The number of hydrogen-bond donors (Lipinski definition) is 2. The minimum absolute atomic E-state index is 0.260. The van der Waals surface area contributed by atoms with Gasteiger partial charge in [0.25, 0.3) is 0 Å². The van der Waals surface area contributed by atoms with Crippen molar-refractivity contribution in [2.75, 3.05) is 13.1 Å². The molecule has 0 radical (unpaired) electrons. The molecule has 2 nitrogen and oxygen atoms in total. The molecule has 0 saturated carbocycles. The zero-order valence-electron chi connectivity index (χ0n) is 8.26. The molecule has 0 spiro atoms. The van der Waals surface area contributed by atoms with E-state index in [4.69, 9.17) is 23.2 Å². The highest BCUT2D eigenvalue weighted by atomic mass is 35.5. The zero-order valence-corrected chi connectivity index (χ0v) is 9.78. The Kier molecular flexibility index (Phi) is 3.39. The molecular weight excluding hydrogens is 233 g/mol. The first-order valence-corrected chi connectivity index (χ1v) is 5.83. The quantitative estimate of drug-likeness (QED) is 0.797. The van der Waals surface area contributed by atoms with Gasteiger partial charge in [-0.1, -0.05) is 23.2 Å². The Hall–Kier alpha value is -0.440. The van der Waals surface area contributed by atoms with Gasteiger partial charge in [-0.05, 0) is 44.0 Å². The SMILES string of the molecule is Oc1ccc(Cl)c(Cl)c1C1CCNCC1. The van der Waals surface area contributed by atoms with Crippen LogP contribution in [-0.2, 0) is 0 Å². The molecule has 15 heavy (non-hydrogen) atoms. The van der Waals surface area contributed by atoms with E-state index in [2.05, 4.69) is 5.32 Å². The monoisotopic (exact) mass is 245 g/mol. The number of hydrogen-bond acceptors (Lipinski definition) is 2. The van der Waals surface area contributed by atoms with Gasteiger partial charge in [0.2, 0.25) is 0 Å². The van der Waals surface area contributed by atoms with Crippen molar-refractivity contribution < 1.29 is 5.11 Å². The fraction of sp³-hybridized carbons (Fsp3) is 0.455. The lowest BCUT2D eigenvalue weighted by Crippen LogP contribution is -2.26. The molecule has 1 heterocycles. The molecule has 1 aliphatic rings. The van der Waals surface area contributed by atoms with E-state index in [9.17, 15) is 5.11 Å². The van der Waals surface area contributed by atoms with Crippen molar-refractivity contribution in [2.24, 2.45) is 0 Å². The van der Waals surface area contributed by atoms with E-state index in [-0.39, 0.29) is 5.75 Å². The molecule has 0 unspecified atom stereocenters. The molecule has 1 aromatic carbocycles. The van der Waals surface area contributed by atoms with Gasteiger partial charge in [-0.3, -0.25) is 0 Å². The maximum absolute atomic E-state index is 9.80. The number of piperidine rings is 1. The molecule has 0 aliphatic carbocycles. The third-order valence-corrected chi connectivity index (χ3v) is 3.68. The number of benzene rings is 1. The molecule has 1 aliphatic heterocycles. The maximum atomic E-state index is 9.80. The first-order chi connectivity index (χ1) is 7.20. The van der Waals surface area contributed by atoms with E-state index in [1.165, 1.54) is 0 Å². The first kappa shape index (κ1) is 11.1. The van der Waals surface area contributed by atoms with Crippen LogP contribution in [0.15, 0.2) is 12.1 Å². The van der Waals surface area contributed by atoms with Gasteiger partial charge in [0.05, 0.1) is 10.0 Å². The summed E-state index contributed by atoms with van der Waals surface area (Å²) in [7, 11) is 0. The lowest BCUT2D eigenvalue weighted by molar-refractivity contribution is 0.424. The highest BCUT2D eigenvalue weighted by Gasteiger charge is 2.22. The number of halogens is 2. The van der Waals surface area contributed by atoms with E-state index in [1.54, 1.807) is 12.1 Å². The van der Waals surface area contributed by atoms with E-state index in [0.29, 0.717) is 16.0 Å². The number of aromatic hydroxyl groups is 1. The van der Waals surface area contributed by atoms with Crippen LogP contribution in [0.3, 0.4) is 0 Å². The van der Waals surface area contributed by atoms with E-state index in [0.717, 1.165) is 31.5 Å². The highest BCUT2D eigenvalue weighted by Crippen LogP contribution is 2.40. The number of rotatable bonds is 1. The van der Waals surface area contributed by atoms with Crippen molar-refractivity contribution in [3.05, 3.63) is 27.7 Å². The van der Waals surface area contributed by atoms with Crippen LogP contribution in [-0.4, -0.2) is 18.2 Å². The Labute approximate surface area is 99.2 Å². The number of phenolic OH excluding ortho intramolecular Hbond substituents is 1. The van der Waals surface area contributed by atoms with Crippen LogP contribution < -0.4 is 5.32 Å². The second-order valence-corrected chi connectivity index (χ2v) is 4.60. The van der Waals surface area contributed by atoms with E-state index >= 15 is 0 Å². The molecule has 4 heteroatoms. The molecule has 0 bridgehead atoms. The third kappa shape index (κ3) is 2.22. The van der Waals surface area contributed by atoms with Gasteiger partial charge in [-0.15, -0.1) is 0 Å². The predicted molar refractivity (Wildman–Crippen MR) is 63.0 cm³/mol. The van der Waals surface area contributed by atoms with Crippen molar-refractivity contribution in [1.29, 1.82) is 0 Å². The van der Waals surface area contributed by atoms with Gasteiger partial charge < -0.3 is 10.4 Å². The van der Waals surface area contributed by atoms with Gasteiger partial charge >= 0.3 is 0 Å². The Bertz CT molecular complexity index is 362. The largest absolute Gasteiger partial charge is 0.508 e. The lowest BCUT2D eigenvalue weighted by atomic mass is 9.89. The summed E-state index contributed by atoms with van der Waals surface area (Å²) in [6, 6.07) is 3.25. The molecule has 82 valence electrons. The van der Waals surface area contributed by atoms with Crippen LogP contribution in [0.1, 0.15) is 24.3 Å². The van der Waals surface area contributed by atoms with Crippen LogP contribution in [0, 0.1) is 0 Å². The zero-order chi connectivity index (χ0) is 10.8. The predicted octanol–water partition coefficient (Wildman–Crippen LogP) is 3.17. The van der Waals surface area contributed by atoms with Crippen LogP contribution in [0.25, 0.3) is 0 Å². The fourth-order valence-corrected chi connectivity index (χ4v) is 2.53. The molecule has 0 amide bonds. The third-order valence-electron chi connectivity index (χ3n) is 2.86. The fourth-order valence-electron chi connectivity index (χ4n) is 2.06. The minimum Gasteiger partial charge on any atom is -0.508 e. The highest BCUT2D eigenvalue weighted by molar-refractivity contribution is 6.42. The van der Waals surface area contributed by atoms with Crippen molar-refractivity contribution in [3.8, 4) is 5.75 Å². The Balaban J connectivity index is 2.36. The van der Waals surface area contributed by atoms with Crippen molar-refractivity contribution >= 4 is 23.2 Å². The summed E-state index contributed by atoms with van der Waals surface area (Å²) in [5, 5.41) is 14.1. The molecule has 0 atom stereocenters. The van der Waals surface area contributed by atoms with Gasteiger partial charge in [0.15, 0.2) is 0 Å². The second-order valence-electron chi connectivity index (χ2n) is 3.82. The van der Waals surface area contributed by atoms with Gasteiger partial charge in [-0.2, -0.15) is 0 Å². The molecular formula is C11H13Cl2NO. The average molecular weight is 246 g/mol. The maximum Gasteiger partial charge on any atom is 0.120 e. The Morgan fingerprint density at radius 3 is 2.53 bits per heavy atom. The Morgan fingerprint density at radius 2 is 1.87 bits per heavy atom. The van der Waals surface area contributed by atoms with Crippen LogP contribution in [0.2, 0.25) is 10.0 Å². The molecule has 2 N–H and O–H groups in total. The minimum atomic E-state index is 0.260. The van der Waals surface area contributed by atoms with Crippen LogP contribution >= 0.6 is 23.2 Å². The summed E-state index contributed by atoms with van der Waals surface area (Å²) in [5.41, 5.74) is 0.811. The van der Waals surface area contributed by atoms with E-state index in [1.807, 2.05) is 0 Å². The molecule has 1 aromatic rings. The summed E-state index contributed by atoms with van der Waals surface area (Å²) < 4.78 is 0. The Morgan fingerprint density at radius 1 is 1.20 bits per heavy atom. The number of nitrogens with one attached hydrogen (secondary N) is 1. The van der Waals surface area contributed by atoms with Gasteiger partial charge in [0.1, 0.15) is 5.75 Å². The first-order valence-electron chi connectivity index (χ1n) is 5.07. The number of phenols is 1. The van der Waals surface area contributed by atoms with Crippen molar-refractivity contribution in [1.82, 2.24) is 5.32 Å². The molecule has 2 rings (SSSR count). The smallest absolute Gasteiger partial charge is 0.120 e. The molecule has 1 fully saturated rings. The second kappa shape index (κ2) is 4.60. The van der Waals surface area contributed by atoms with E-state index < -0.39 is 0 Å². The standard InChI is InChI=1S/C11H13Cl2NO/c12-8-1-2-9(15)10(11(8)13)7-3-5-14-6-4-7/h1-2,7,14-15H,3-6H2. The topological polar surface area (TPSA) is 32.3 Å². The van der Waals surface area contributed by atoms with Crippen LogP contribution in [0.5, 0.6) is 5.75 Å². The average Bonchev–Trinajstić information content (AvgIpc) is 2.26. The summed E-state index contributed by atoms with van der Waals surface area (Å²) in [6.07, 6.45) is 1.99. The summed E-state index contributed by atoms with van der Waals surface area (Å²) in [6.45, 7) is 1.93. The van der Waals surface area contributed by atoms with Gasteiger partial charge in [0, 0.05) is 5.56 Å². The van der Waals surface area contributed by atoms with Crippen molar-refractivity contribution in [3.63, 3.8) is 0 Å².